The van der Waals surface area contributed by atoms with Crippen LogP contribution < -0.4 is 10.1 Å². The summed E-state index contributed by atoms with van der Waals surface area (Å²) in [4.78, 5) is 28.8. The molecule has 0 heterocycles. The van der Waals surface area contributed by atoms with Crippen LogP contribution >= 0.6 is 23.2 Å². The van der Waals surface area contributed by atoms with Gasteiger partial charge in [-0.1, -0.05) is 77.8 Å². The van der Waals surface area contributed by atoms with Crippen LogP contribution in [-0.2, 0) is 22.6 Å². The Bertz CT molecular complexity index is 1190. The van der Waals surface area contributed by atoms with Crippen molar-refractivity contribution in [3.63, 3.8) is 0 Å². The predicted octanol–water partition coefficient (Wildman–Crippen LogP) is 6.24. The van der Waals surface area contributed by atoms with Gasteiger partial charge in [-0.2, -0.15) is 0 Å². The number of para-hydroxylation sites is 1. The third-order valence-electron chi connectivity index (χ3n) is 5.57. The largest absolute Gasteiger partial charge is 0.484 e. The smallest absolute Gasteiger partial charge is 0.261 e. The number of benzene rings is 3. The normalized spacial score (nSPS) is 12.1. The Kier molecular flexibility index (Phi) is 9.41. The molecule has 0 radical (unpaired) electrons. The fourth-order valence-corrected chi connectivity index (χ4v) is 4.25. The Morgan fingerprint density at radius 2 is 1.64 bits per heavy atom. The molecule has 0 spiro atoms. The summed E-state index contributed by atoms with van der Waals surface area (Å²) >= 11 is 12.6. The lowest BCUT2D eigenvalue weighted by molar-refractivity contribution is -0.143. The zero-order valence-electron chi connectivity index (χ0n) is 21.1. The van der Waals surface area contributed by atoms with Crippen LogP contribution in [0.2, 0.25) is 10.0 Å². The van der Waals surface area contributed by atoms with Gasteiger partial charge in [-0.05, 0) is 62.6 Å². The van der Waals surface area contributed by atoms with Crippen LogP contribution in [0.3, 0.4) is 0 Å². The van der Waals surface area contributed by atoms with Gasteiger partial charge in [0.05, 0.1) is 0 Å². The SMILES string of the molecule is Cc1ccccc1OCC(=O)N(Cc1ccc(Cl)cc1Cl)C(Cc1ccccc1)C(=O)NC(C)(C)C. The number of ether oxygens (including phenoxy) is 1. The minimum Gasteiger partial charge on any atom is -0.484 e. The quantitative estimate of drug-likeness (QED) is 0.359. The van der Waals surface area contributed by atoms with Gasteiger partial charge in [0.2, 0.25) is 5.91 Å². The van der Waals surface area contributed by atoms with Gasteiger partial charge in [-0.25, -0.2) is 0 Å². The van der Waals surface area contributed by atoms with Crippen LogP contribution in [0.4, 0.5) is 0 Å². The number of halogens is 2. The zero-order chi connectivity index (χ0) is 26.3. The number of amides is 2. The van der Waals surface area contributed by atoms with Gasteiger partial charge in [0.25, 0.3) is 5.91 Å². The molecular weight excluding hydrogens is 495 g/mol. The molecule has 0 saturated carbocycles. The Hall–Kier alpha value is -3.02. The molecule has 1 unspecified atom stereocenters. The molecule has 0 aliphatic carbocycles. The minimum absolute atomic E-state index is 0.126. The summed E-state index contributed by atoms with van der Waals surface area (Å²) in [6.07, 6.45) is 0.337. The number of hydrogen-bond donors (Lipinski definition) is 1. The molecule has 3 rings (SSSR count). The van der Waals surface area contributed by atoms with Gasteiger partial charge >= 0.3 is 0 Å². The molecule has 1 atom stereocenters. The van der Waals surface area contributed by atoms with Crippen LogP contribution in [0.5, 0.6) is 5.75 Å². The summed E-state index contributed by atoms with van der Waals surface area (Å²) in [6.45, 7) is 7.56. The average molecular weight is 527 g/mol. The van der Waals surface area contributed by atoms with Crippen molar-refractivity contribution in [1.29, 1.82) is 0 Å². The number of rotatable bonds is 9. The highest BCUT2D eigenvalue weighted by molar-refractivity contribution is 6.35. The lowest BCUT2D eigenvalue weighted by Crippen LogP contribution is -2.55. The van der Waals surface area contributed by atoms with Crippen LogP contribution in [-0.4, -0.2) is 34.9 Å². The molecule has 7 heteroatoms. The Labute approximate surface area is 223 Å². The van der Waals surface area contributed by atoms with Crippen LogP contribution in [0, 0.1) is 6.92 Å². The van der Waals surface area contributed by atoms with E-state index in [0.717, 1.165) is 11.1 Å². The molecule has 0 bridgehead atoms. The lowest BCUT2D eigenvalue weighted by atomic mass is 10.0. The molecule has 0 saturated heterocycles. The van der Waals surface area contributed by atoms with Gasteiger partial charge in [0.1, 0.15) is 11.8 Å². The van der Waals surface area contributed by atoms with E-state index in [1.165, 1.54) is 0 Å². The number of nitrogens with one attached hydrogen (secondary N) is 1. The number of hydrogen-bond acceptors (Lipinski definition) is 3. The molecule has 5 nitrogen and oxygen atoms in total. The van der Waals surface area contributed by atoms with Gasteiger partial charge in [-0.15, -0.1) is 0 Å². The topological polar surface area (TPSA) is 58.6 Å². The molecule has 0 aliphatic heterocycles. The van der Waals surface area contributed by atoms with Gasteiger partial charge in [0.15, 0.2) is 6.61 Å². The van der Waals surface area contributed by atoms with E-state index in [1.54, 1.807) is 23.1 Å². The second-order valence-corrected chi connectivity index (χ2v) is 10.6. The first kappa shape index (κ1) is 27.6. The van der Waals surface area contributed by atoms with Crippen molar-refractivity contribution in [3.05, 3.63) is 99.5 Å². The highest BCUT2D eigenvalue weighted by atomic mass is 35.5. The number of aryl methyl sites for hydroxylation is 1. The maximum Gasteiger partial charge on any atom is 0.261 e. The second kappa shape index (κ2) is 12.3. The Balaban J connectivity index is 1.97. The Morgan fingerprint density at radius 3 is 2.28 bits per heavy atom. The van der Waals surface area contributed by atoms with Crippen LogP contribution in [0.15, 0.2) is 72.8 Å². The van der Waals surface area contributed by atoms with Crippen LogP contribution in [0.25, 0.3) is 0 Å². The van der Waals surface area contributed by atoms with Crippen molar-refractivity contribution in [1.82, 2.24) is 10.2 Å². The molecule has 190 valence electrons. The van der Waals surface area contributed by atoms with Crippen molar-refractivity contribution in [3.8, 4) is 5.75 Å². The Morgan fingerprint density at radius 1 is 0.972 bits per heavy atom. The molecular formula is C29H32Cl2N2O3. The first-order valence-corrected chi connectivity index (χ1v) is 12.6. The average Bonchev–Trinajstić information content (AvgIpc) is 2.81. The minimum atomic E-state index is -0.786. The van der Waals surface area contributed by atoms with E-state index in [-0.39, 0.29) is 25.0 Å². The third kappa shape index (κ3) is 8.00. The molecule has 1 N–H and O–H groups in total. The first-order valence-electron chi connectivity index (χ1n) is 11.8. The summed E-state index contributed by atoms with van der Waals surface area (Å²) in [5.41, 5.74) is 2.07. The van der Waals surface area contributed by atoms with E-state index in [9.17, 15) is 9.59 Å². The summed E-state index contributed by atoms with van der Waals surface area (Å²) < 4.78 is 5.87. The van der Waals surface area contributed by atoms with Crippen LogP contribution in [0.1, 0.15) is 37.5 Å². The zero-order valence-corrected chi connectivity index (χ0v) is 22.6. The summed E-state index contributed by atoms with van der Waals surface area (Å²) in [7, 11) is 0. The predicted molar refractivity (Wildman–Crippen MR) is 146 cm³/mol. The molecule has 0 fully saturated rings. The maximum atomic E-state index is 13.7. The summed E-state index contributed by atoms with van der Waals surface area (Å²) in [5.74, 6) is 0.0454. The standard InChI is InChI=1S/C29H32Cl2N2O3/c1-20-10-8-9-13-26(20)36-19-27(34)33(18-22-14-15-23(30)17-24(22)31)25(28(35)32-29(2,3)4)16-21-11-6-5-7-12-21/h5-15,17,25H,16,18-19H2,1-4H3,(H,32,35). The van der Waals surface area contributed by atoms with E-state index in [4.69, 9.17) is 27.9 Å². The fourth-order valence-electron chi connectivity index (χ4n) is 3.78. The van der Waals surface area contributed by atoms with Gasteiger partial charge < -0.3 is 15.0 Å². The van der Waals surface area contributed by atoms with E-state index in [0.29, 0.717) is 27.8 Å². The van der Waals surface area contributed by atoms with Gasteiger partial charge in [-0.3, -0.25) is 9.59 Å². The van der Waals surface area contributed by atoms with Gasteiger partial charge in [0, 0.05) is 28.5 Å². The monoisotopic (exact) mass is 526 g/mol. The van der Waals surface area contributed by atoms with Crippen molar-refractivity contribution in [2.45, 2.75) is 52.2 Å². The summed E-state index contributed by atoms with van der Waals surface area (Å²) in [5, 5.41) is 3.96. The molecule has 0 aliphatic rings. The van der Waals surface area contributed by atoms with Crippen molar-refractivity contribution in [2.75, 3.05) is 6.61 Å². The molecule has 0 aromatic heterocycles. The van der Waals surface area contributed by atoms with Crippen molar-refractivity contribution < 1.29 is 14.3 Å². The number of nitrogens with zero attached hydrogens (tertiary/aromatic N) is 1. The van der Waals surface area contributed by atoms with Crippen molar-refractivity contribution >= 4 is 35.0 Å². The van der Waals surface area contributed by atoms with Crippen molar-refractivity contribution in [2.24, 2.45) is 0 Å². The molecule has 3 aromatic carbocycles. The van der Waals surface area contributed by atoms with E-state index < -0.39 is 11.6 Å². The number of carbonyl (C=O) groups excluding carboxylic acids is 2. The summed E-state index contributed by atoms with van der Waals surface area (Å²) in [6, 6.07) is 21.5. The number of carbonyl (C=O) groups is 2. The van der Waals surface area contributed by atoms with E-state index >= 15 is 0 Å². The van der Waals surface area contributed by atoms with E-state index in [2.05, 4.69) is 5.32 Å². The lowest BCUT2D eigenvalue weighted by Gasteiger charge is -2.34. The molecule has 2 amide bonds. The highest BCUT2D eigenvalue weighted by Crippen LogP contribution is 2.25. The van der Waals surface area contributed by atoms with E-state index in [1.807, 2.05) is 82.3 Å². The molecule has 3 aromatic rings. The highest BCUT2D eigenvalue weighted by Gasteiger charge is 2.33. The third-order valence-corrected chi connectivity index (χ3v) is 6.16. The second-order valence-electron chi connectivity index (χ2n) is 9.76. The fraction of sp³-hybridized carbons (Fsp3) is 0.310. The maximum absolute atomic E-state index is 13.7. The first-order chi connectivity index (χ1) is 17.0. The molecule has 36 heavy (non-hydrogen) atoms.